The van der Waals surface area contributed by atoms with Crippen LogP contribution in [0, 0.1) is 5.82 Å². The van der Waals surface area contributed by atoms with Gasteiger partial charge in [-0.25, -0.2) is 9.18 Å². The van der Waals surface area contributed by atoms with E-state index in [0.717, 1.165) is 0 Å². The zero-order valence-electron chi connectivity index (χ0n) is 10.9. The molecule has 0 aliphatic rings. The summed E-state index contributed by atoms with van der Waals surface area (Å²) in [5.74, 6) is -0.974. The van der Waals surface area contributed by atoms with E-state index in [-0.39, 0.29) is 11.7 Å². The van der Waals surface area contributed by atoms with Crippen molar-refractivity contribution in [2.75, 3.05) is 20.2 Å². The Bertz CT molecular complexity index is 434. The summed E-state index contributed by atoms with van der Waals surface area (Å²) in [6.45, 7) is 2.21. The lowest BCUT2D eigenvalue weighted by Crippen LogP contribution is -2.36. The number of amides is 1. The number of carbonyl (C=O) groups excluding carboxylic acids is 2. The van der Waals surface area contributed by atoms with E-state index in [0.29, 0.717) is 18.7 Å². The van der Waals surface area contributed by atoms with E-state index in [1.807, 2.05) is 0 Å². The number of methoxy groups -OCH3 is 1. The first-order chi connectivity index (χ1) is 9.04. The van der Waals surface area contributed by atoms with Gasteiger partial charge >= 0.3 is 5.97 Å². The summed E-state index contributed by atoms with van der Waals surface area (Å²) in [6, 6.07) is 4.91. The van der Waals surface area contributed by atoms with Crippen LogP contribution in [0.3, 0.4) is 0 Å². The maximum atomic E-state index is 12.8. The van der Waals surface area contributed by atoms with Crippen LogP contribution < -0.4 is 10.6 Å². The second-order valence-corrected chi connectivity index (χ2v) is 3.94. The van der Waals surface area contributed by atoms with Crippen molar-refractivity contribution in [3.8, 4) is 0 Å². The molecule has 1 atom stereocenters. The first kappa shape index (κ1) is 15.1. The number of halogens is 1. The molecule has 19 heavy (non-hydrogen) atoms. The highest BCUT2D eigenvalue weighted by molar-refractivity contribution is 5.77. The van der Waals surface area contributed by atoms with E-state index in [1.54, 1.807) is 0 Å². The summed E-state index contributed by atoms with van der Waals surface area (Å²) in [6.07, 6.45) is 0. The Morgan fingerprint density at radius 3 is 2.42 bits per heavy atom. The van der Waals surface area contributed by atoms with Crippen LogP contribution in [0.5, 0.6) is 0 Å². The molecule has 0 aliphatic carbocycles. The third kappa shape index (κ3) is 5.05. The molecule has 0 aromatic heterocycles. The first-order valence-electron chi connectivity index (χ1n) is 5.85. The number of esters is 1. The van der Waals surface area contributed by atoms with E-state index in [1.165, 1.54) is 38.3 Å². The topological polar surface area (TPSA) is 67.4 Å². The molecule has 0 saturated carbocycles. The minimum absolute atomic E-state index is 0.141. The lowest BCUT2D eigenvalue weighted by Gasteiger charge is -2.17. The monoisotopic (exact) mass is 268 g/mol. The first-order valence-corrected chi connectivity index (χ1v) is 5.85. The molecule has 0 bridgehead atoms. The van der Waals surface area contributed by atoms with E-state index < -0.39 is 12.0 Å². The number of hydrogen-bond acceptors (Lipinski definition) is 4. The van der Waals surface area contributed by atoms with Crippen LogP contribution >= 0.6 is 0 Å². The number of ether oxygens (including phenoxy) is 1. The van der Waals surface area contributed by atoms with Gasteiger partial charge in [0.05, 0.1) is 7.11 Å². The van der Waals surface area contributed by atoms with Gasteiger partial charge < -0.3 is 10.1 Å². The molecule has 1 rings (SSSR count). The van der Waals surface area contributed by atoms with Gasteiger partial charge in [0.15, 0.2) is 0 Å². The fourth-order valence-electron chi connectivity index (χ4n) is 1.57. The van der Waals surface area contributed by atoms with Gasteiger partial charge in [-0.15, -0.1) is 0 Å². The van der Waals surface area contributed by atoms with Gasteiger partial charge in [-0.05, 0) is 17.7 Å². The van der Waals surface area contributed by atoms with E-state index in [2.05, 4.69) is 10.6 Å². The number of benzene rings is 1. The number of hydrogen-bond donors (Lipinski definition) is 2. The van der Waals surface area contributed by atoms with Gasteiger partial charge in [0.1, 0.15) is 11.9 Å². The molecule has 2 N–H and O–H groups in total. The SMILES string of the molecule is COC(=O)C(NCCNC(C)=O)c1ccc(F)cc1. The summed E-state index contributed by atoms with van der Waals surface area (Å²) in [5, 5.41) is 5.55. The molecule has 5 nitrogen and oxygen atoms in total. The average molecular weight is 268 g/mol. The summed E-state index contributed by atoms with van der Waals surface area (Å²) in [4.78, 5) is 22.4. The molecule has 104 valence electrons. The molecule has 0 saturated heterocycles. The highest BCUT2D eigenvalue weighted by Crippen LogP contribution is 2.14. The maximum absolute atomic E-state index is 12.8. The largest absolute Gasteiger partial charge is 0.468 e. The van der Waals surface area contributed by atoms with Crippen LogP contribution in [0.25, 0.3) is 0 Å². The molecule has 0 radical (unpaired) electrons. The summed E-state index contributed by atoms with van der Waals surface area (Å²) in [7, 11) is 1.29. The van der Waals surface area contributed by atoms with Crippen molar-refractivity contribution in [2.45, 2.75) is 13.0 Å². The van der Waals surface area contributed by atoms with Gasteiger partial charge in [0.2, 0.25) is 5.91 Å². The number of carbonyl (C=O) groups is 2. The van der Waals surface area contributed by atoms with Crippen molar-refractivity contribution in [2.24, 2.45) is 0 Å². The third-order valence-corrected chi connectivity index (χ3v) is 2.49. The predicted octanol–water partition coefficient (Wildman–Crippen LogP) is 0.766. The minimum Gasteiger partial charge on any atom is -0.468 e. The maximum Gasteiger partial charge on any atom is 0.327 e. The molecular formula is C13H17FN2O3. The molecule has 0 fully saturated rings. The van der Waals surface area contributed by atoms with Crippen molar-refractivity contribution in [1.29, 1.82) is 0 Å². The van der Waals surface area contributed by atoms with Gasteiger partial charge in [0, 0.05) is 20.0 Å². The molecule has 0 heterocycles. The highest BCUT2D eigenvalue weighted by Gasteiger charge is 2.20. The van der Waals surface area contributed by atoms with Gasteiger partial charge in [-0.2, -0.15) is 0 Å². The molecule has 0 aliphatic heterocycles. The van der Waals surface area contributed by atoms with Crippen molar-refractivity contribution in [1.82, 2.24) is 10.6 Å². The zero-order chi connectivity index (χ0) is 14.3. The molecule has 1 aromatic rings. The summed E-state index contributed by atoms with van der Waals surface area (Å²) < 4.78 is 17.5. The molecule has 6 heteroatoms. The standard InChI is InChI=1S/C13H17FN2O3/c1-9(17)15-7-8-16-12(13(18)19-2)10-3-5-11(14)6-4-10/h3-6,12,16H,7-8H2,1-2H3,(H,15,17). The molecular weight excluding hydrogens is 251 g/mol. The Morgan fingerprint density at radius 1 is 1.26 bits per heavy atom. The summed E-state index contributed by atoms with van der Waals surface area (Å²) in [5.41, 5.74) is 0.607. The highest BCUT2D eigenvalue weighted by atomic mass is 19.1. The number of rotatable bonds is 6. The predicted molar refractivity (Wildman–Crippen MR) is 67.8 cm³/mol. The normalized spacial score (nSPS) is 11.7. The molecule has 1 amide bonds. The second kappa shape index (κ2) is 7.48. The van der Waals surface area contributed by atoms with Crippen molar-refractivity contribution in [3.63, 3.8) is 0 Å². The summed E-state index contributed by atoms with van der Waals surface area (Å²) >= 11 is 0. The molecule has 1 unspecified atom stereocenters. The second-order valence-electron chi connectivity index (χ2n) is 3.94. The number of nitrogens with one attached hydrogen (secondary N) is 2. The van der Waals surface area contributed by atoms with Crippen molar-refractivity contribution < 1.29 is 18.7 Å². The lowest BCUT2D eigenvalue weighted by atomic mass is 10.1. The van der Waals surface area contributed by atoms with Crippen LogP contribution in [0.4, 0.5) is 4.39 Å². The van der Waals surface area contributed by atoms with Gasteiger partial charge in [-0.1, -0.05) is 12.1 Å². The smallest absolute Gasteiger partial charge is 0.327 e. The van der Waals surface area contributed by atoms with E-state index in [9.17, 15) is 14.0 Å². The van der Waals surface area contributed by atoms with Crippen LogP contribution in [-0.2, 0) is 14.3 Å². The van der Waals surface area contributed by atoms with Crippen molar-refractivity contribution in [3.05, 3.63) is 35.6 Å². The fraction of sp³-hybridized carbons (Fsp3) is 0.385. The van der Waals surface area contributed by atoms with Crippen LogP contribution in [-0.4, -0.2) is 32.1 Å². The van der Waals surface area contributed by atoms with Crippen LogP contribution in [0.15, 0.2) is 24.3 Å². The fourth-order valence-corrected chi connectivity index (χ4v) is 1.57. The van der Waals surface area contributed by atoms with Gasteiger partial charge in [0.25, 0.3) is 0 Å². The Balaban J connectivity index is 2.64. The minimum atomic E-state index is -0.681. The van der Waals surface area contributed by atoms with Crippen LogP contribution in [0.2, 0.25) is 0 Å². The van der Waals surface area contributed by atoms with Gasteiger partial charge in [-0.3, -0.25) is 10.1 Å². The quantitative estimate of drug-likeness (QED) is 0.590. The zero-order valence-corrected chi connectivity index (χ0v) is 10.9. The third-order valence-electron chi connectivity index (χ3n) is 2.49. The Hall–Kier alpha value is -1.95. The lowest BCUT2D eigenvalue weighted by molar-refractivity contribution is -0.143. The van der Waals surface area contributed by atoms with Crippen molar-refractivity contribution >= 4 is 11.9 Å². The molecule has 0 spiro atoms. The Morgan fingerprint density at radius 2 is 1.89 bits per heavy atom. The van der Waals surface area contributed by atoms with E-state index in [4.69, 9.17) is 4.74 Å². The average Bonchev–Trinajstić information content (AvgIpc) is 2.39. The Labute approximate surface area is 111 Å². The van der Waals surface area contributed by atoms with Crippen LogP contribution in [0.1, 0.15) is 18.5 Å². The molecule has 1 aromatic carbocycles. The van der Waals surface area contributed by atoms with E-state index >= 15 is 0 Å². The Kier molecular flexibility index (Phi) is 5.95.